The van der Waals surface area contributed by atoms with Gasteiger partial charge in [0.2, 0.25) is 5.91 Å². The molecule has 15 heavy (non-hydrogen) atoms. The fourth-order valence-electron chi connectivity index (χ4n) is 2.09. The molecule has 1 amide bonds. The standard InChI is InChI=1S/C10H22N4O/c1-13(2)7-9-3-5-14(6-4-9)8-10(15)12-11/h9H,3-8,11H2,1-2H3,(H,12,15). The average molecular weight is 214 g/mol. The Hall–Kier alpha value is -0.650. The van der Waals surface area contributed by atoms with Gasteiger partial charge in [-0.3, -0.25) is 15.1 Å². The molecule has 0 unspecified atom stereocenters. The molecule has 3 N–H and O–H groups in total. The first kappa shape index (κ1) is 12.4. The lowest BCUT2D eigenvalue weighted by Crippen LogP contribution is -2.44. The lowest BCUT2D eigenvalue weighted by Gasteiger charge is -2.32. The molecule has 0 aliphatic carbocycles. The zero-order valence-corrected chi connectivity index (χ0v) is 9.70. The van der Waals surface area contributed by atoms with Gasteiger partial charge >= 0.3 is 0 Å². The molecule has 1 heterocycles. The van der Waals surface area contributed by atoms with E-state index in [-0.39, 0.29) is 5.91 Å². The fourth-order valence-corrected chi connectivity index (χ4v) is 2.09. The number of hydrogen-bond acceptors (Lipinski definition) is 4. The van der Waals surface area contributed by atoms with Crippen molar-refractivity contribution in [3.05, 3.63) is 0 Å². The Morgan fingerprint density at radius 1 is 1.47 bits per heavy atom. The molecular weight excluding hydrogens is 192 g/mol. The molecule has 1 rings (SSSR count). The summed E-state index contributed by atoms with van der Waals surface area (Å²) < 4.78 is 0. The van der Waals surface area contributed by atoms with Crippen molar-refractivity contribution in [1.82, 2.24) is 15.2 Å². The summed E-state index contributed by atoms with van der Waals surface area (Å²) in [4.78, 5) is 15.4. The highest BCUT2D eigenvalue weighted by Crippen LogP contribution is 2.17. The molecule has 0 spiro atoms. The van der Waals surface area contributed by atoms with Crippen LogP contribution < -0.4 is 11.3 Å². The van der Waals surface area contributed by atoms with Gasteiger partial charge in [-0.05, 0) is 45.9 Å². The molecule has 1 saturated heterocycles. The monoisotopic (exact) mass is 214 g/mol. The summed E-state index contributed by atoms with van der Waals surface area (Å²) in [6.45, 7) is 3.60. The summed E-state index contributed by atoms with van der Waals surface area (Å²) >= 11 is 0. The molecule has 1 aliphatic rings. The van der Waals surface area contributed by atoms with Crippen molar-refractivity contribution in [3.63, 3.8) is 0 Å². The number of nitrogens with one attached hydrogen (secondary N) is 1. The topological polar surface area (TPSA) is 61.6 Å². The normalized spacial score (nSPS) is 19.5. The summed E-state index contributed by atoms with van der Waals surface area (Å²) in [6.07, 6.45) is 2.35. The number of hydrogen-bond donors (Lipinski definition) is 2. The van der Waals surface area contributed by atoms with Gasteiger partial charge in [0.25, 0.3) is 0 Å². The first-order chi connectivity index (χ1) is 7.11. The van der Waals surface area contributed by atoms with Gasteiger partial charge in [0, 0.05) is 6.54 Å². The molecule has 0 aromatic heterocycles. The van der Waals surface area contributed by atoms with Crippen LogP contribution in [0.5, 0.6) is 0 Å². The van der Waals surface area contributed by atoms with Crippen LogP contribution in [-0.4, -0.2) is 56.0 Å². The molecule has 5 nitrogen and oxygen atoms in total. The maximum atomic E-state index is 11.1. The molecule has 0 aromatic rings. The maximum Gasteiger partial charge on any atom is 0.248 e. The molecule has 0 aromatic carbocycles. The molecule has 88 valence electrons. The molecule has 0 saturated carbocycles. The first-order valence-corrected chi connectivity index (χ1v) is 5.48. The molecule has 0 atom stereocenters. The van der Waals surface area contributed by atoms with E-state index in [0.29, 0.717) is 6.54 Å². The Labute approximate surface area is 91.6 Å². The maximum absolute atomic E-state index is 11.1. The second-order valence-corrected chi connectivity index (χ2v) is 4.55. The number of carbonyl (C=O) groups is 1. The van der Waals surface area contributed by atoms with Crippen molar-refractivity contribution in [1.29, 1.82) is 0 Å². The van der Waals surface area contributed by atoms with Gasteiger partial charge in [-0.1, -0.05) is 0 Å². The van der Waals surface area contributed by atoms with E-state index in [1.165, 1.54) is 12.8 Å². The third-order valence-corrected chi connectivity index (χ3v) is 2.86. The zero-order valence-electron chi connectivity index (χ0n) is 9.70. The van der Waals surface area contributed by atoms with Crippen LogP contribution in [0.25, 0.3) is 0 Å². The third kappa shape index (κ3) is 4.59. The summed E-state index contributed by atoms with van der Waals surface area (Å²) in [5, 5.41) is 0. The Morgan fingerprint density at radius 2 is 2.07 bits per heavy atom. The Balaban J connectivity index is 2.20. The van der Waals surface area contributed by atoms with Crippen molar-refractivity contribution in [2.45, 2.75) is 12.8 Å². The predicted octanol–water partition coefficient (Wildman–Crippen LogP) is -0.750. The van der Waals surface area contributed by atoms with E-state index in [1.807, 2.05) is 0 Å². The average Bonchev–Trinajstić information content (AvgIpc) is 2.20. The minimum Gasteiger partial charge on any atom is -0.309 e. The number of piperidine rings is 1. The van der Waals surface area contributed by atoms with Gasteiger partial charge in [0.15, 0.2) is 0 Å². The van der Waals surface area contributed by atoms with Crippen LogP contribution >= 0.6 is 0 Å². The van der Waals surface area contributed by atoms with Crippen molar-refractivity contribution in [2.75, 3.05) is 40.3 Å². The van der Waals surface area contributed by atoms with E-state index < -0.39 is 0 Å². The number of hydrazine groups is 1. The summed E-state index contributed by atoms with van der Waals surface area (Å²) in [7, 11) is 4.21. The van der Waals surface area contributed by atoms with Crippen LogP contribution in [0.3, 0.4) is 0 Å². The number of amides is 1. The van der Waals surface area contributed by atoms with Crippen molar-refractivity contribution >= 4 is 5.91 Å². The highest BCUT2D eigenvalue weighted by Gasteiger charge is 2.20. The Bertz CT molecular complexity index is 200. The molecule has 0 bridgehead atoms. The van der Waals surface area contributed by atoms with Crippen molar-refractivity contribution in [2.24, 2.45) is 11.8 Å². The minimum absolute atomic E-state index is 0.0962. The first-order valence-electron chi connectivity index (χ1n) is 5.48. The number of carbonyl (C=O) groups excluding carboxylic acids is 1. The quantitative estimate of drug-likeness (QED) is 0.367. The largest absolute Gasteiger partial charge is 0.309 e. The molecular formula is C10H22N4O. The number of nitrogens with zero attached hydrogens (tertiary/aromatic N) is 2. The van der Waals surface area contributed by atoms with Crippen LogP contribution in [0.4, 0.5) is 0 Å². The summed E-state index contributed by atoms with van der Waals surface area (Å²) in [5.41, 5.74) is 2.17. The molecule has 5 heteroatoms. The van der Waals surface area contributed by atoms with E-state index in [2.05, 4.69) is 29.3 Å². The van der Waals surface area contributed by atoms with E-state index in [0.717, 1.165) is 25.6 Å². The van der Waals surface area contributed by atoms with Crippen LogP contribution in [0.1, 0.15) is 12.8 Å². The van der Waals surface area contributed by atoms with E-state index in [9.17, 15) is 4.79 Å². The van der Waals surface area contributed by atoms with Crippen LogP contribution in [0.15, 0.2) is 0 Å². The van der Waals surface area contributed by atoms with Crippen LogP contribution in [0.2, 0.25) is 0 Å². The number of rotatable bonds is 4. The SMILES string of the molecule is CN(C)CC1CCN(CC(=O)NN)CC1. The van der Waals surface area contributed by atoms with Crippen LogP contribution in [-0.2, 0) is 4.79 Å². The van der Waals surface area contributed by atoms with Gasteiger partial charge in [-0.15, -0.1) is 0 Å². The lowest BCUT2D eigenvalue weighted by atomic mass is 9.96. The number of likely N-dealkylation sites (tertiary alicyclic amines) is 1. The van der Waals surface area contributed by atoms with Gasteiger partial charge in [-0.2, -0.15) is 0 Å². The predicted molar refractivity (Wildman–Crippen MR) is 60.0 cm³/mol. The zero-order chi connectivity index (χ0) is 11.3. The van der Waals surface area contributed by atoms with E-state index >= 15 is 0 Å². The lowest BCUT2D eigenvalue weighted by molar-refractivity contribution is -0.122. The van der Waals surface area contributed by atoms with E-state index in [1.54, 1.807) is 0 Å². The van der Waals surface area contributed by atoms with Crippen LogP contribution in [0, 0.1) is 5.92 Å². The highest BCUT2D eigenvalue weighted by molar-refractivity contribution is 5.77. The van der Waals surface area contributed by atoms with Gasteiger partial charge in [0.05, 0.1) is 6.54 Å². The number of nitrogens with two attached hydrogens (primary N) is 1. The third-order valence-electron chi connectivity index (χ3n) is 2.86. The fraction of sp³-hybridized carbons (Fsp3) is 0.900. The molecule has 1 fully saturated rings. The highest BCUT2D eigenvalue weighted by atomic mass is 16.2. The van der Waals surface area contributed by atoms with Crippen molar-refractivity contribution in [3.8, 4) is 0 Å². The second kappa shape index (κ2) is 6.05. The van der Waals surface area contributed by atoms with Gasteiger partial charge in [0.1, 0.15) is 0 Å². The molecule has 0 radical (unpaired) electrons. The molecule has 1 aliphatic heterocycles. The smallest absolute Gasteiger partial charge is 0.248 e. The summed E-state index contributed by atoms with van der Waals surface area (Å²) in [6, 6.07) is 0. The Morgan fingerprint density at radius 3 is 2.53 bits per heavy atom. The second-order valence-electron chi connectivity index (χ2n) is 4.55. The van der Waals surface area contributed by atoms with Crippen molar-refractivity contribution < 1.29 is 4.79 Å². The Kier molecular flexibility index (Phi) is 5.01. The van der Waals surface area contributed by atoms with Gasteiger partial charge in [-0.25, -0.2) is 5.84 Å². The van der Waals surface area contributed by atoms with Gasteiger partial charge < -0.3 is 4.90 Å². The summed E-state index contributed by atoms with van der Waals surface area (Å²) in [5.74, 6) is 5.73. The minimum atomic E-state index is -0.0962. The van der Waals surface area contributed by atoms with E-state index in [4.69, 9.17) is 5.84 Å².